The predicted octanol–water partition coefficient (Wildman–Crippen LogP) is 0.927. The smallest absolute Gasteiger partial charge is 0.249 e. The van der Waals surface area contributed by atoms with Gasteiger partial charge in [0.1, 0.15) is 11.6 Å². The van der Waals surface area contributed by atoms with E-state index in [9.17, 15) is 9.59 Å². The van der Waals surface area contributed by atoms with E-state index in [1.165, 1.54) is 0 Å². The second kappa shape index (κ2) is 4.47. The zero-order valence-electron chi connectivity index (χ0n) is 12.4. The number of carbonyl (C=O) groups excluding carboxylic acids is 2. The van der Waals surface area contributed by atoms with Gasteiger partial charge >= 0.3 is 0 Å². The summed E-state index contributed by atoms with van der Waals surface area (Å²) in [5, 5.41) is 2.92. The van der Waals surface area contributed by atoms with Gasteiger partial charge in [0.15, 0.2) is 0 Å². The van der Waals surface area contributed by atoms with E-state index in [1.807, 2.05) is 20.8 Å². The number of methoxy groups -OCH3 is 1. The molecule has 0 aromatic heterocycles. The number of piperazine rings is 1. The average Bonchev–Trinajstić information content (AvgIpc) is 3.17. The Morgan fingerprint density at radius 2 is 2.00 bits per heavy atom. The highest BCUT2D eigenvalue weighted by molar-refractivity contribution is 5.99. The summed E-state index contributed by atoms with van der Waals surface area (Å²) < 4.78 is 5.39. The summed E-state index contributed by atoms with van der Waals surface area (Å²) in [5.74, 6) is 0.234. The molecular formula is C14H24N2O3. The van der Waals surface area contributed by atoms with Crippen molar-refractivity contribution in [3.8, 4) is 0 Å². The van der Waals surface area contributed by atoms with Gasteiger partial charge < -0.3 is 15.0 Å². The zero-order chi connectivity index (χ0) is 14.4. The molecule has 19 heavy (non-hydrogen) atoms. The highest BCUT2D eigenvalue weighted by Crippen LogP contribution is 2.42. The van der Waals surface area contributed by atoms with Gasteiger partial charge in [-0.2, -0.15) is 0 Å². The molecule has 0 aromatic rings. The Balaban J connectivity index is 2.24. The first-order valence-corrected chi connectivity index (χ1v) is 6.89. The fraction of sp³-hybridized carbons (Fsp3) is 0.857. The van der Waals surface area contributed by atoms with Gasteiger partial charge in [0.25, 0.3) is 0 Å². The van der Waals surface area contributed by atoms with Gasteiger partial charge in [-0.15, -0.1) is 0 Å². The third-order valence-electron chi connectivity index (χ3n) is 4.43. The molecule has 0 bridgehead atoms. The van der Waals surface area contributed by atoms with Crippen LogP contribution in [0.5, 0.6) is 0 Å². The van der Waals surface area contributed by atoms with Crippen LogP contribution in [0.1, 0.15) is 40.5 Å². The summed E-state index contributed by atoms with van der Waals surface area (Å²) in [6.45, 7) is 7.90. The molecular weight excluding hydrogens is 244 g/mol. The molecule has 2 rings (SSSR count). The molecule has 0 radical (unpaired) electrons. The number of rotatable bonds is 4. The van der Waals surface area contributed by atoms with Gasteiger partial charge in [-0.25, -0.2) is 0 Å². The van der Waals surface area contributed by atoms with E-state index in [1.54, 1.807) is 18.9 Å². The molecule has 2 amide bonds. The monoisotopic (exact) mass is 268 g/mol. The molecule has 1 saturated heterocycles. The topological polar surface area (TPSA) is 58.6 Å². The zero-order valence-corrected chi connectivity index (χ0v) is 12.4. The molecule has 1 aliphatic carbocycles. The molecule has 5 nitrogen and oxygen atoms in total. The largest absolute Gasteiger partial charge is 0.377 e. The van der Waals surface area contributed by atoms with Gasteiger partial charge in [0.05, 0.1) is 12.1 Å². The predicted molar refractivity (Wildman–Crippen MR) is 71.5 cm³/mol. The number of nitrogens with zero attached hydrogens (tertiary/aromatic N) is 1. The number of carbonyl (C=O) groups is 2. The van der Waals surface area contributed by atoms with E-state index >= 15 is 0 Å². The lowest BCUT2D eigenvalue weighted by molar-refractivity contribution is -0.158. The fourth-order valence-corrected chi connectivity index (χ4v) is 2.65. The number of ether oxygens (including phenoxy) is 1. The van der Waals surface area contributed by atoms with E-state index in [0.717, 1.165) is 12.8 Å². The second-order valence-electron chi connectivity index (χ2n) is 6.54. The molecule has 0 spiro atoms. The molecule has 2 unspecified atom stereocenters. The van der Waals surface area contributed by atoms with Gasteiger partial charge in [-0.3, -0.25) is 9.59 Å². The molecule has 2 aliphatic rings. The normalized spacial score (nSPS) is 32.5. The van der Waals surface area contributed by atoms with Crippen molar-refractivity contribution in [1.29, 1.82) is 0 Å². The fourth-order valence-electron chi connectivity index (χ4n) is 2.65. The van der Waals surface area contributed by atoms with Crippen LogP contribution >= 0.6 is 0 Å². The lowest BCUT2D eigenvalue weighted by atomic mass is 9.89. The molecule has 5 heteroatoms. The average molecular weight is 268 g/mol. The Kier molecular flexibility index (Phi) is 3.37. The third-order valence-corrected chi connectivity index (χ3v) is 4.43. The van der Waals surface area contributed by atoms with Gasteiger partial charge in [0, 0.05) is 7.11 Å². The highest BCUT2D eigenvalue weighted by atomic mass is 16.5. The van der Waals surface area contributed by atoms with Gasteiger partial charge in [-0.1, -0.05) is 0 Å². The van der Waals surface area contributed by atoms with Crippen LogP contribution in [0.4, 0.5) is 0 Å². The first kappa shape index (κ1) is 14.3. The maximum atomic E-state index is 12.7. The molecule has 0 aromatic carbocycles. The SMILES string of the molecule is COC(C)(C)CN1C(=O)C(C)(C2CC2)NC(=O)C1C. The van der Waals surface area contributed by atoms with E-state index in [0.29, 0.717) is 6.54 Å². The Morgan fingerprint density at radius 1 is 1.42 bits per heavy atom. The van der Waals surface area contributed by atoms with Crippen LogP contribution in [0.15, 0.2) is 0 Å². The van der Waals surface area contributed by atoms with E-state index < -0.39 is 17.2 Å². The van der Waals surface area contributed by atoms with Crippen LogP contribution in [-0.4, -0.2) is 47.6 Å². The quantitative estimate of drug-likeness (QED) is 0.825. The standard InChI is InChI=1S/C14H24N2O3/c1-9-11(17)15-14(4,10-6-7-10)12(18)16(9)8-13(2,3)19-5/h9-10H,6-8H2,1-5H3,(H,15,17). The summed E-state index contributed by atoms with van der Waals surface area (Å²) in [5.41, 5.74) is -1.18. The molecule has 2 atom stereocenters. The molecule has 1 saturated carbocycles. The van der Waals surface area contributed by atoms with Crippen molar-refractivity contribution in [2.75, 3.05) is 13.7 Å². The van der Waals surface area contributed by atoms with E-state index in [2.05, 4.69) is 5.32 Å². The minimum atomic E-state index is -0.729. The third kappa shape index (κ3) is 2.48. The summed E-state index contributed by atoms with van der Waals surface area (Å²) in [6.07, 6.45) is 2.02. The molecule has 2 fully saturated rings. The minimum absolute atomic E-state index is 0.0206. The van der Waals surface area contributed by atoms with Crippen LogP contribution in [0.3, 0.4) is 0 Å². The van der Waals surface area contributed by atoms with Crippen molar-refractivity contribution in [3.63, 3.8) is 0 Å². The Hall–Kier alpha value is -1.10. The van der Waals surface area contributed by atoms with Gasteiger partial charge in [-0.05, 0) is 46.5 Å². The van der Waals surface area contributed by atoms with E-state index in [-0.39, 0.29) is 17.7 Å². The Labute approximate surface area is 114 Å². The van der Waals surface area contributed by atoms with Crippen molar-refractivity contribution < 1.29 is 14.3 Å². The number of hydrogen-bond acceptors (Lipinski definition) is 3. The highest BCUT2D eigenvalue weighted by Gasteiger charge is 2.55. The van der Waals surface area contributed by atoms with Crippen molar-refractivity contribution in [2.45, 2.75) is 57.7 Å². The van der Waals surface area contributed by atoms with Crippen LogP contribution in [0.25, 0.3) is 0 Å². The Bertz CT molecular complexity index is 403. The van der Waals surface area contributed by atoms with Crippen LogP contribution in [-0.2, 0) is 14.3 Å². The lowest BCUT2D eigenvalue weighted by Gasteiger charge is -2.45. The summed E-state index contributed by atoms with van der Waals surface area (Å²) in [6, 6.07) is -0.436. The first-order valence-electron chi connectivity index (χ1n) is 6.89. The summed E-state index contributed by atoms with van der Waals surface area (Å²) >= 11 is 0. The summed E-state index contributed by atoms with van der Waals surface area (Å²) in [7, 11) is 1.62. The number of amides is 2. The molecule has 1 N–H and O–H groups in total. The lowest BCUT2D eigenvalue weighted by Crippen LogP contribution is -2.70. The number of hydrogen-bond donors (Lipinski definition) is 1. The minimum Gasteiger partial charge on any atom is -0.377 e. The van der Waals surface area contributed by atoms with Crippen molar-refractivity contribution in [1.82, 2.24) is 10.2 Å². The Morgan fingerprint density at radius 3 is 2.47 bits per heavy atom. The summed E-state index contributed by atoms with van der Waals surface area (Å²) in [4.78, 5) is 26.5. The van der Waals surface area contributed by atoms with Crippen LogP contribution in [0.2, 0.25) is 0 Å². The van der Waals surface area contributed by atoms with E-state index in [4.69, 9.17) is 4.74 Å². The molecule has 1 heterocycles. The maximum Gasteiger partial charge on any atom is 0.249 e. The van der Waals surface area contributed by atoms with Crippen LogP contribution in [0, 0.1) is 5.92 Å². The molecule has 1 aliphatic heterocycles. The molecule has 108 valence electrons. The second-order valence-corrected chi connectivity index (χ2v) is 6.54. The van der Waals surface area contributed by atoms with Gasteiger partial charge in [0.2, 0.25) is 11.8 Å². The van der Waals surface area contributed by atoms with Crippen molar-refractivity contribution in [3.05, 3.63) is 0 Å². The maximum absolute atomic E-state index is 12.7. The van der Waals surface area contributed by atoms with Crippen molar-refractivity contribution >= 4 is 11.8 Å². The number of nitrogens with one attached hydrogen (secondary N) is 1. The van der Waals surface area contributed by atoms with Crippen molar-refractivity contribution in [2.24, 2.45) is 5.92 Å². The van der Waals surface area contributed by atoms with Crippen LogP contribution < -0.4 is 5.32 Å². The first-order chi connectivity index (χ1) is 8.71.